The molecule has 0 saturated carbocycles. The van der Waals surface area contributed by atoms with Crippen LogP contribution in [-0.2, 0) is 137 Å². The number of aliphatic hydroxyl groups excluding tert-OH is 1. The highest BCUT2D eigenvalue weighted by Gasteiger charge is 2.56. The van der Waals surface area contributed by atoms with Gasteiger partial charge in [0.1, 0.15) is 73.2 Å². The van der Waals surface area contributed by atoms with Gasteiger partial charge in [0, 0.05) is 0 Å². The molecule has 3 aliphatic rings. The fourth-order valence-corrected chi connectivity index (χ4v) is 13.2. The van der Waals surface area contributed by atoms with Gasteiger partial charge in [0.05, 0.1) is 85.9 Å². The van der Waals surface area contributed by atoms with Crippen LogP contribution in [0.1, 0.15) is 55.6 Å². The molecule has 0 radical (unpaired) electrons. The Hall–Kier alpha value is -8.44. The molecule has 0 amide bonds. The molecule has 10 aromatic rings. The second-order valence-electron chi connectivity index (χ2n) is 26.2. The van der Waals surface area contributed by atoms with Gasteiger partial charge < -0.3 is 76.2 Å². The summed E-state index contributed by atoms with van der Waals surface area (Å²) in [6.07, 6.45) is -15.4. The molecule has 15 atom stereocenters. The van der Waals surface area contributed by atoms with E-state index in [0.29, 0.717) is 6.61 Å². The number of rotatable bonds is 37. The summed E-state index contributed by atoms with van der Waals surface area (Å²) in [5.41, 5.74) is 9.33. The first-order valence-electron chi connectivity index (χ1n) is 35.9. The first-order chi connectivity index (χ1) is 51.5. The van der Waals surface area contributed by atoms with Crippen molar-refractivity contribution >= 4 is 0 Å². The van der Waals surface area contributed by atoms with Crippen molar-refractivity contribution in [3.05, 3.63) is 359 Å². The predicted octanol–water partition coefficient (Wildman–Crippen LogP) is 14.7. The third-order valence-electron chi connectivity index (χ3n) is 18.6. The second-order valence-corrected chi connectivity index (χ2v) is 26.2. The number of ether oxygens (including phenoxy) is 15. The lowest BCUT2D eigenvalue weighted by Crippen LogP contribution is -2.66. The van der Waals surface area contributed by atoms with E-state index < -0.39 is 92.1 Å². The molecule has 3 heterocycles. The van der Waals surface area contributed by atoms with Gasteiger partial charge in [-0.2, -0.15) is 0 Å². The predicted molar refractivity (Wildman–Crippen MR) is 391 cm³/mol. The highest BCUT2D eigenvalue weighted by molar-refractivity contribution is 5.21. The van der Waals surface area contributed by atoms with Crippen LogP contribution in [0.15, 0.2) is 303 Å². The summed E-state index contributed by atoms with van der Waals surface area (Å²) in [5, 5.41) is 13.2. The molecule has 0 aliphatic carbocycles. The Morgan fingerprint density at radius 3 is 0.692 bits per heavy atom. The van der Waals surface area contributed by atoms with Crippen LogP contribution in [0.4, 0.5) is 0 Å². The lowest BCUT2D eigenvalue weighted by molar-refractivity contribution is -0.383. The Morgan fingerprint density at radius 1 is 0.202 bits per heavy atom. The molecule has 3 fully saturated rings. The molecule has 16 nitrogen and oxygen atoms in total. The Morgan fingerprint density at radius 2 is 0.413 bits per heavy atom. The number of aliphatic hydroxyl groups is 1. The van der Waals surface area contributed by atoms with Crippen LogP contribution in [-0.4, -0.2) is 117 Å². The van der Waals surface area contributed by atoms with E-state index >= 15 is 0 Å². The summed E-state index contributed by atoms with van der Waals surface area (Å²) >= 11 is 0. The van der Waals surface area contributed by atoms with Gasteiger partial charge in [-0.3, -0.25) is 0 Å². The number of benzene rings is 10. The van der Waals surface area contributed by atoms with Crippen molar-refractivity contribution in [3.8, 4) is 0 Å². The minimum Gasteiger partial charge on any atom is -0.374 e. The van der Waals surface area contributed by atoms with Crippen molar-refractivity contribution in [1.29, 1.82) is 0 Å². The summed E-state index contributed by atoms with van der Waals surface area (Å²) < 4.78 is 106. The molecular weight excluding hydrogens is 1310 g/mol. The van der Waals surface area contributed by atoms with Crippen LogP contribution in [0.25, 0.3) is 0 Å². The van der Waals surface area contributed by atoms with E-state index in [9.17, 15) is 5.11 Å². The van der Waals surface area contributed by atoms with E-state index in [-0.39, 0.29) is 79.3 Å². The maximum Gasteiger partial charge on any atom is 0.187 e. The lowest BCUT2D eigenvalue weighted by Gasteiger charge is -2.50. The van der Waals surface area contributed by atoms with Gasteiger partial charge in [-0.15, -0.1) is 0 Å². The summed E-state index contributed by atoms with van der Waals surface area (Å²) in [4.78, 5) is 0. The number of hydrogen-bond acceptors (Lipinski definition) is 16. The van der Waals surface area contributed by atoms with E-state index in [0.717, 1.165) is 55.6 Å². The standard InChI is InChI=1S/C88H92O16/c89-86-83(104-88-85(99-60-73-49-29-10-30-50-73)82(97-58-71-45-25-8-26-46-71)78(93-54-67-37-17-4-18-38-67)75(103-88)62-91-52-65-33-13-2-14-34-65)80(95-56-69-41-21-6-22-42-69)79(94-55-68-39-19-5-20-40-68)76(101-86)63-100-87-84(98-59-72-47-27-9-28-48-72)81(96-57-70-43-23-7-24-44-70)77(92-53-66-35-15-3-16-36-66)74(102-87)61-90-51-64-31-11-1-12-32-64/h1-50,74-89H,51-63H2/t74-,75-,76-,77-,78-,79-,80+,81+,82+,83+,84+,85+,86+,87+,88-/m1/s1. The average Bonchev–Trinajstić information content (AvgIpc) is 0.775. The minimum absolute atomic E-state index is 0.0576. The molecular formula is C88H92O16. The summed E-state index contributed by atoms with van der Waals surface area (Å²) in [6.45, 7) is 1.90. The molecule has 3 saturated heterocycles. The van der Waals surface area contributed by atoms with E-state index in [4.69, 9.17) is 71.1 Å². The quantitative estimate of drug-likeness (QED) is 0.0392. The third-order valence-corrected chi connectivity index (χ3v) is 18.6. The fraction of sp³-hybridized carbons (Fsp3) is 0.318. The molecule has 0 spiro atoms. The van der Waals surface area contributed by atoms with Crippen LogP contribution in [0.2, 0.25) is 0 Å². The van der Waals surface area contributed by atoms with E-state index in [2.05, 4.69) is 0 Å². The average molecular weight is 1410 g/mol. The molecule has 0 aromatic heterocycles. The molecule has 16 heteroatoms. The Kier molecular flexibility index (Phi) is 28.1. The number of hydrogen-bond donors (Lipinski definition) is 1. The molecule has 0 bridgehead atoms. The van der Waals surface area contributed by atoms with E-state index in [1.807, 2.05) is 303 Å². The van der Waals surface area contributed by atoms with Crippen molar-refractivity contribution < 1.29 is 76.2 Å². The topological polar surface area (TPSA) is 159 Å². The summed E-state index contributed by atoms with van der Waals surface area (Å²) in [6, 6.07) is 99.4. The van der Waals surface area contributed by atoms with Crippen molar-refractivity contribution in [3.63, 3.8) is 0 Å². The Bertz CT molecular complexity index is 3960. The van der Waals surface area contributed by atoms with Crippen LogP contribution in [0, 0.1) is 0 Å². The monoisotopic (exact) mass is 1400 g/mol. The minimum atomic E-state index is -1.71. The third kappa shape index (κ3) is 21.6. The van der Waals surface area contributed by atoms with Gasteiger partial charge in [-0.25, -0.2) is 0 Å². The van der Waals surface area contributed by atoms with E-state index in [1.165, 1.54) is 0 Å². The van der Waals surface area contributed by atoms with Gasteiger partial charge in [-0.1, -0.05) is 303 Å². The van der Waals surface area contributed by atoms with Crippen LogP contribution in [0.3, 0.4) is 0 Å². The maximum atomic E-state index is 13.2. The molecule has 1 N–H and O–H groups in total. The van der Waals surface area contributed by atoms with Crippen molar-refractivity contribution in [2.45, 2.75) is 158 Å². The fourth-order valence-electron chi connectivity index (χ4n) is 13.2. The molecule has 104 heavy (non-hydrogen) atoms. The Balaban J connectivity index is 0.863. The van der Waals surface area contributed by atoms with Crippen LogP contribution in [0.5, 0.6) is 0 Å². The maximum absolute atomic E-state index is 13.2. The normalized spacial score (nSPS) is 24.8. The summed E-state index contributed by atoms with van der Waals surface area (Å²) in [7, 11) is 0. The van der Waals surface area contributed by atoms with Crippen LogP contribution >= 0.6 is 0 Å². The van der Waals surface area contributed by atoms with E-state index in [1.54, 1.807) is 0 Å². The molecule has 540 valence electrons. The Labute approximate surface area is 610 Å². The van der Waals surface area contributed by atoms with Gasteiger partial charge >= 0.3 is 0 Å². The van der Waals surface area contributed by atoms with Gasteiger partial charge in [0.15, 0.2) is 18.9 Å². The van der Waals surface area contributed by atoms with Gasteiger partial charge in [-0.05, 0) is 55.6 Å². The zero-order valence-corrected chi connectivity index (χ0v) is 58.3. The van der Waals surface area contributed by atoms with Gasteiger partial charge in [0.2, 0.25) is 0 Å². The van der Waals surface area contributed by atoms with Gasteiger partial charge in [0.25, 0.3) is 0 Å². The molecule has 0 unspecified atom stereocenters. The first-order valence-corrected chi connectivity index (χ1v) is 35.9. The zero-order valence-electron chi connectivity index (χ0n) is 58.3. The highest BCUT2D eigenvalue weighted by Crippen LogP contribution is 2.38. The van der Waals surface area contributed by atoms with Crippen molar-refractivity contribution in [2.75, 3.05) is 19.8 Å². The van der Waals surface area contributed by atoms with Crippen molar-refractivity contribution in [1.82, 2.24) is 0 Å². The largest absolute Gasteiger partial charge is 0.374 e. The SMILES string of the molecule is O[C@H]1O[C@H](CO[C@H]2O[C@H](COCc3ccccc3)[C@@H](OCc3ccccc3)[C@H](OCc3ccccc3)[C@@H]2OCc2ccccc2)[C@@H](OCc2ccccc2)[C@H](OCc2ccccc2)[C@@H]1O[C@H]1O[C@H](COCc2ccccc2)[C@@H](OCc2ccccc2)[C@H](OCc2ccccc2)[C@@H]1OCc1ccccc1. The van der Waals surface area contributed by atoms with Crippen molar-refractivity contribution in [2.24, 2.45) is 0 Å². The highest BCUT2D eigenvalue weighted by atomic mass is 16.8. The lowest BCUT2D eigenvalue weighted by atomic mass is 9.95. The summed E-state index contributed by atoms with van der Waals surface area (Å²) in [5.74, 6) is 0. The molecule has 3 aliphatic heterocycles. The smallest absolute Gasteiger partial charge is 0.187 e. The van der Waals surface area contributed by atoms with Crippen LogP contribution < -0.4 is 0 Å². The molecule has 10 aromatic carbocycles. The second kappa shape index (κ2) is 39.6. The molecule has 13 rings (SSSR count). The first kappa shape index (κ1) is 73.9. The zero-order chi connectivity index (χ0) is 70.6.